The van der Waals surface area contributed by atoms with E-state index in [0.29, 0.717) is 5.56 Å². The number of fused-ring (bicyclic) bond motifs is 1. The first-order chi connectivity index (χ1) is 19.9. The molecule has 3 fully saturated rings. The molecule has 2 aromatic carbocycles. The Hall–Kier alpha value is -4.90. The summed E-state index contributed by atoms with van der Waals surface area (Å²) in [5.41, 5.74) is 0.374. The van der Waals surface area contributed by atoms with Crippen LogP contribution in [0.4, 0.5) is 10.5 Å². The van der Waals surface area contributed by atoms with Crippen LogP contribution in [-0.2, 0) is 30.5 Å². The molecule has 3 aliphatic rings. The molecule has 0 spiro atoms. The van der Waals surface area contributed by atoms with Gasteiger partial charge in [-0.2, -0.15) is 0 Å². The van der Waals surface area contributed by atoms with Crippen LogP contribution in [-0.4, -0.2) is 95.7 Å². The number of benzene rings is 2. The zero-order chi connectivity index (χ0) is 30.3. The fourth-order valence-electron chi connectivity index (χ4n) is 4.97. The second-order valence-corrected chi connectivity index (χ2v) is 11.1. The van der Waals surface area contributed by atoms with Crippen LogP contribution in [0.1, 0.15) is 17.0 Å². The summed E-state index contributed by atoms with van der Waals surface area (Å²) in [5.74, 6) is 0.0377. The minimum atomic E-state index is -1.73. The van der Waals surface area contributed by atoms with E-state index in [1.54, 1.807) is 0 Å². The number of carbonyl (C=O) groups excluding carboxylic acids is 4. The molecule has 5 N–H and O–H groups in total. The Labute approximate surface area is 241 Å². The highest BCUT2D eigenvalue weighted by Gasteiger charge is 2.66. The molecule has 3 aliphatic heterocycles. The molecule has 4 amide bonds. The third kappa shape index (κ3) is 4.92. The van der Waals surface area contributed by atoms with Crippen LogP contribution >= 0.6 is 11.8 Å². The summed E-state index contributed by atoms with van der Waals surface area (Å²) in [7, 11) is 0. The molecule has 0 bridgehead atoms. The Morgan fingerprint density at radius 1 is 1.14 bits per heavy atom. The number of nitrogens with zero attached hydrogens (tertiary/aromatic N) is 4. The monoisotopic (exact) mass is 600 g/mol. The van der Waals surface area contributed by atoms with Crippen molar-refractivity contribution >= 4 is 47.2 Å². The Bertz CT molecular complexity index is 1470. The van der Waals surface area contributed by atoms with E-state index in [2.05, 4.69) is 5.32 Å². The molecule has 2 aromatic rings. The summed E-state index contributed by atoms with van der Waals surface area (Å²) in [6, 6.07) is 8.46. The van der Waals surface area contributed by atoms with E-state index in [-0.39, 0.29) is 43.2 Å². The molecule has 3 heterocycles. The number of carbonyl (C=O) groups is 5. The predicted octanol–water partition coefficient (Wildman–Crippen LogP) is -0.0805. The number of non-ortho nitro benzene ring substituents is 1. The number of aliphatic carboxylic acids is 1. The third-order valence-corrected chi connectivity index (χ3v) is 8.86. The van der Waals surface area contributed by atoms with Crippen molar-refractivity contribution in [3.8, 4) is 5.75 Å². The molecule has 16 nitrogen and oxygen atoms in total. The zero-order valence-corrected chi connectivity index (χ0v) is 22.4. The normalized spacial score (nSPS) is 23.7. The van der Waals surface area contributed by atoms with Gasteiger partial charge in [0.15, 0.2) is 5.92 Å². The fraction of sp³-hybridized carbons (Fsp3) is 0.320. The van der Waals surface area contributed by atoms with Crippen molar-refractivity contribution in [2.45, 2.75) is 28.8 Å². The van der Waals surface area contributed by atoms with Gasteiger partial charge in [0.2, 0.25) is 16.7 Å². The van der Waals surface area contributed by atoms with Crippen molar-refractivity contribution in [2.24, 2.45) is 5.84 Å². The molecule has 3 saturated heterocycles. The number of esters is 1. The van der Waals surface area contributed by atoms with Gasteiger partial charge in [0.25, 0.3) is 5.69 Å². The van der Waals surface area contributed by atoms with Crippen LogP contribution < -0.4 is 11.2 Å². The number of ether oxygens (including phenoxy) is 1. The van der Waals surface area contributed by atoms with E-state index >= 15 is 0 Å². The zero-order valence-electron chi connectivity index (χ0n) is 21.6. The number of urea groups is 1. The molecule has 1 unspecified atom stereocenters. The summed E-state index contributed by atoms with van der Waals surface area (Å²) in [5, 5.41) is 32.6. The minimum Gasteiger partial charge on any atom is -0.508 e. The second-order valence-electron chi connectivity index (χ2n) is 9.74. The molecular formula is C25H24N6O10S. The number of thioether (sulfide) groups is 1. The molecule has 0 aliphatic carbocycles. The number of nitrogens with two attached hydrogens (primary N) is 1. The molecule has 5 rings (SSSR count). The van der Waals surface area contributed by atoms with Gasteiger partial charge in [-0.3, -0.25) is 34.4 Å². The van der Waals surface area contributed by atoms with Crippen molar-refractivity contribution in [1.29, 1.82) is 0 Å². The van der Waals surface area contributed by atoms with E-state index in [4.69, 9.17) is 10.6 Å². The molecular weight excluding hydrogens is 576 g/mol. The number of nitro groups is 1. The van der Waals surface area contributed by atoms with E-state index in [1.807, 2.05) is 0 Å². The quantitative estimate of drug-likeness (QED) is 0.0564. The average molecular weight is 601 g/mol. The fourth-order valence-corrected chi connectivity index (χ4v) is 6.66. The number of β-lactam (4-membered cyclic amide) rings is 1. The van der Waals surface area contributed by atoms with Gasteiger partial charge >= 0.3 is 18.0 Å². The van der Waals surface area contributed by atoms with Crippen LogP contribution in [0.3, 0.4) is 0 Å². The van der Waals surface area contributed by atoms with Gasteiger partial charge < -0.3 is 25.2 Å². The molecule has 220 valence electrons. The van der Waals surface area contributed by atoms with E-state index in [9.17, 15) is 44.3 Å². The van der Waals surface area contributed by atoms with Crippen LogP contribution in [0.25, 0.3) is 0 Å². The van der Waals surface area contributed by atoms with Gasteiger partial charge in [0.1, 0.15) is 23.8 Å². The number of nitrogens with one attached hydrogen (secondary N) is 1. The summed E-state index contributed by atoms with van der Waals surface area (Å²) in [4.78, 5) is 75.6. The number of carboxylic acid groups (broad SMARTS) is 1. The summed E-state index contributed by atoms with van der Waals surface area (Å²) >= 11 is 0.901. The van der Waals surface area contributed by atoms with Gasteiger partial charge in [-0.15, -0.1) is 0 Å². The minimum absolute atomic E-state index is 0.0443. The number of hydrogen-bond donors (Lipinski definition) is 4. The number of aromatic hydroxyl groups is 1. The van der Waals surface area contributed by atoms with Gasteiger partial charge in [-0.1, -0.05) is 23.9 Å². The smallest absolute Gasteiger partial charge is 0.345 e. The lowest BCUT2D eigenvalue weighted by molar-refractivity contribution is -0.384. The van der Waals surface area contributed by atoms with E-state index in [0.717, 1.165) is 16.8 Å². The van der Waals surface area contributed by atoms with Crippen molar-refractivity contribution in [3.05, 3.63) is 69.8 Å². The standard InChI is InChI=1S/C25H24N6O10S/c26-30-10-9-29(24(30)38)25(23(37)41-11-13-1-5-15(6-2-13)31(39)40)12-28-20(34)18(21(28)42-25)27-19(33)17(22(35)36)14-3-7-16(32)8-4-14/h1-8,17-18,21,32H,9-12,26H2,(H,27,33)(H,35,36)/t17?,18-,21-,25-/m1/s1. The molecule has 0 radical (unpaired) electrons. The second kappa shape index (κ2) is 10.8. The van der Waals surface area contributed by atoms with Crippen LogP contribution in [0.15, 0.2) is 48.5 Å². The van der Waals surface area contributed by atoms with Crippen molar-refractivity contribution in [2.75, 3.05) is 19.6 Å². The maximum Gasteiger partial charge on any atom is 0.345 e. The number of carboxylic acids is 1. The summed E-state index contributed by atoms with van der Waals surface area (Å²) in [6.45, 7) is -0.406. The number of hydrazine groups is 1. The number of hydrogen-bond acceptors (Lipinski definition) is 11. The molecule has 0 saturated carbocycles. The van der Waals surface area contributed by atoms with Gasteiger partial charge in [0, 0.05) is 18.7 Å². The first kappa shape index (κ1) is 28.6. The number of amides is 4. The first-order valence-corrected chi connectivity index (χ1v) is 13.4. The highest BCUT2D eigenvalue weighted by atomic mass is 32.2. The molecule has 0 aromatic heterocycles. The summed E-state index contributed by atoms with van der Waals surface area (Å²) in [6.07, 6.45) is 0. The number of rotatable bonds is 9. The number of nitro benzene ring substituents is 1. The Morgan fingerprint density at radius 2 is 1.81 bits per heavy atom. The van der Waals surface area contributed by atoms with Crippen molar-refractivity contribution in [1.82, 2.24) is 20.1 Å². The van der Waals surface area contributed by atoms with Crippen LogP contribution in [0.5, 0.6) is 5.75 Å². The van der Waals surface area contributed by atoms with E-state index < -0.39 is 56.9 Å². The lowest BCUT2D eigenvalue weighted by Gasteiger charge is -2.41. The Kier molecular flexibility index (Phi) is 7.38. The summed E-state index contributed by atoms with van der Waals surface area (Å²) < 4.78 is 5.52. The predicted molar refractivity (Wildman–Crippen MR) is 142 cm³/mol. The largest absolute Gasteiger partial charge is 0.508 e. The SMILES string of the molecule is NN1CCN([C@]2(C(=O)OCc3ccc([N+](=O)[O-])cc3)CN3C(=O)[C@@H](NC(=O)C(C(=O)O)c4ccc(O)cc4)[C@H]3S2)C1=O. The topological polar surface area (TPSA) is 226 Å². The lowest BCUT2D eigenvalue weighted by atomic mass is 9.96. The maximum atomic E-state index is 13.6. The van der Waals surface area contributed by atoms with E-state index in [1.165, 1.54) is 58.3 Å². The molecule has 4 atom stereocenters. The van der Waals surface area contributed by atoms with Crippen molar-refractivity contribution in [3.63, 3.8) is 0 Å². The first-order valence-electron chi connectivity index (χ1n) is 12.5. The highest BCUT2D eigenvalue weighted by molar-refractivity contribution is 8.02. The number of phenolic OH excluding ortho intramolecular Hbond substituents is 1. The van der Waals surface area contributed by atoms with Crippen LogP contribution in [0.2, 0.25) is 0 Å². The molecule has 17 heteroatoms. The Morgan fingerprint density at radius 3 is 2.38 bits per heavy atom. The average Bonchev–Trinajstić information content (AvgIpc) is 3.50. The Balaban J connectivity index is 1.35. The highest BCUT2D eigenvalue weighted by Crippen LogP contribution is 2.50. The van der Waals surface area contributed by atoms with Gasteiger partial charge in [-0.25, -0.2) is 15.4 Å². The van der Waals surface area contributed by atoms with Crippen LogP contribution in [0, 0.1) is 10.1 Å². The van der Waals surface area contributed by atoms with Crippen molar-refractivity contribution < 1.29 is 43.8 Å². The molecule has 42 heavy (non-hydrogen) atoms. The third-order valence-electron chi connectivity index (χ3n) is 7.19. The maximum absolute atomic E-state index is 13.6. The lowest BCUT2D eigenvalue weighted by Crippen LogP contribution is -2.68. The van der Waals surface area contributed by atoms with Gasteiger partial charge in [0.05, 0.1) is 18.0 Å². The number of phenols is 1. The van der Waals surface area contributed by atoms with Gasteiger partial charge in [-0.05, 0) is 35.4 Å².